The summed E-state index contributed by atoms with van der Waals surface area (Å²) in [6.45, 7) is 10.9. The van der Waals surface area contributed by atoms with Crippen LogP contribution in [-0.4, -0.2) is 52.2 Å². The number of rotatable bonds is 3. The van der Waals surface area contributed by atoms with Gasteiger partial charge in [0.25, 0.3) is 0 Å². The highest BCUT2D eigenvalue weighted by atomic mass is 16.6. The van der Waals surface area contributed by atoms with Crippen molar-refractivity contribution < 1.29 is 9.53 Å². The minimum atomic E-state index is -0.388. The molecule has 6 nitrogen and oxygen atoms in total. The van der Waals surface area contributed by atoms with Crippen LogP contribution in [0.4, 0.5) is 10.6 Å². The maximum absolute atomic E-state index is 12.0. The lowest BCUT2D eigenvalue weighted by Crippen LogP contribution is -2.43. The Labute approximate surface area is 137 Å². The zero-order chi connectivity index (χ0) is 16.6. The number of nitrogens with zero attached hydrogens (tertiary/aromatic N) is 4. The maximum atomic E-state index is 12.0. The lowest BCUT2D eigenvalue weighted by atomic mass is 9.94. The summed E-state index contributed by atoms with van der Waals surface area (Å²) in [4.78, 5) is 25.2. The van der Waals surface area contributed by atoms with E-state index >= 15 is 0 Å². The van der Waals surface area contributed by atoms with Gasteiger partial charge in [-0.25, -0.2) is 9.78 Å². The van der Waals surface area contributed by atoms with Crippen molar-refractivity contribution in [1.82, 2.24) is 14.9 Å². The van der Waals surface area contributed by atoms with Gasteiger partial charge in [0.05, 0.1) is 17.4 Å². The van der Waals surface area contributed by atoms with Crippen LogP contribution in [0.5, 0.6) is 0 Å². The number of carbonyl (C=O) groups is 1. The summed E-state index contributed by atoms with van der Waals surface area (Å²) >= 11 is 0. The van der Waals surface area contributed by atoms with Gasteiger partial charge in [-0.05, 0) is 47.1 Å². The van der Waals surface area contributed by atoms with Gasteiger partial charge in [-0.2, -0.15) is 0 Å². The molecule has 0 spiro atoms. The molecule has 0 unspecified atom stereocenters. The number of piperidine rings is 1. The molecule has 2 aliphatic rings. The molecule has 0 aliphatic carbocycles. The van der Waals surface area contributed by atoms with E-state index in [1.54, 1.807) is 11.1 Å². The SMILES string of the molecule is CC(C)N1CCC[C@@H](c2cncc(N3C(=O)OCC3(C)C)n2)C1. The molecule has 0 bridgehead atoms. The molecule has 1 aromatic rings. The van der Waals surface area contributed by atoms with Crippen molar-refractivity contribution in [3.05, 3.63) is 18.1 Å². The van der Waals surface area contributed by atoms with E-state index in [2.05, 4.69) is 23.7 Å². The third-order valence-corrected chi connectivity index (χ3v) is 4.81. The third-order valence-electron chi connectivity index (χ3n) is 4.81. The first-order valence-corrected chi connectivity index (χ1v) is 8.41. The van der Waals surface area contributed by atoms with Crippen LogP contribution in [0.15, 0.2) is 12.4 Å². The summed E-state index contributed by atoms with van der Waals surface area (Å²) in [5, 5.41) is 0. The number of likely N-dealkylation sites (tertiary alicyclic amines) is 1. The third kappa shape index (κ3) is 3.17. The number of amides is 1. The van der Waals surface area contributed by atoms with E-state index in [1.165, 1.54) is 6.42 Å². The Morgan fingerprint density at radius 2 is 2.13 bits per heavy atom. The molecule has 6 heteroatoms. The van der Waals surface area contributed by atoms with Gasteiger partial charge in [0, 0.05) is 24.7 Å². The molecule has 1 atom stereocenters. The quantitative estimate of drug-likeness (QED) is 0.857. The van der Waals surface area contributed by atoms with Crippen LogP contribution in [0.1, 0.15) is 52.1 Å². The number of hydrogen-bond acceptors (Lipinski definition) is 5. The fraction of sp³-hybridized carbons (Fsp3) is 0.706. The Morgan fingerprint density at radius 3 is 2.78 bits per heavy atom. The van der Waals surface area contributed by atoms with Gasteiger partial charge < -0.3 is 9.64 Å². The fourth-order valence-corrected chi connectivity index (χ4v) is 3.41. The standard InChI is InChI=1S/C17H26N4O2/c1-12(2)20-7-5-6-13(10-20)14-8-18-9-15(19-14)21-16(22)23-11-17(21,3)4/h8-9,12-13H,5-7,10-11H2,1-4H3/t13-/m1/s1. The molecule has 2 fully saturated rings. The van der Waals surface area contributed by atoms with Crippen molar-refractivity contribution in [3.8, 4) is 0 Å². The van der Waals surface area contributed by atoms with Crippen LogP contribution in [0.3, 0.4) is 0 Å². The van der Waals surface area contributed by atoms with E-state index < -0.39 is 0 Å². The van der Waals surface area contributed by atoms with E-state index in [4.69, 9.17) is 9.72 Å². The van der Waals surface area contributed by atoms with Gasteiger partial charge in [-0.1, -0.05) is 0 Å². The number of cyclic esters (lactones) is 1. The Hall–Kier alpha value is -1.69. The highest BCUT2D eigenvalue weighted by molar-refractivity contribution is 5.90. The number of ether oxygens (including phenoxy) is 1. The molecule has 2 aliphatic heterocycles. The van der Waals surface area contributed by atoms with Crippen molar-refractivity contribution in [3.63, 3.8) is 0 Å². The molecule has 3 heterocycles. The highest BCUT2D eigenvalue weighted by Crippen LogP contribution is 2.31. The molecule has 0 saturated carbocycles. The van der Waals surface area contributed by atoms with Crippen molar-refractivity contribution in [2.45, 2.75) is 58.0 Å². The number of aromatic nitrogens is 2. The molecule has 0 N–H and O–H groups in total. The molecule has 0 radical (unpaired) electrons. The molecule has 0 aromatic carbocycles. The average molecular weight is 318 g/mol. The van der Waals surface area contributed by atoms with E-state index in [9.17, 15) is 4.79 Å². The highest BCUT2D eigenvalue weighted by Gasteiger charge is 2.42. The van der Waals surface area contributed by atoms with Gasteiger partial charge >= 0.3 is 6.09 Å². The molecule has 3 rings (SSSR count). The molecule has 126 valence electrons. The monoisotopic (exact) mass is 318 g/mol. The van der Waals surface area contributed by atoms with Gasteiger partial charge in [0.1, 0.15) is 6.61 Å². The van der Waals surface area contributed by atoms with Crippen LogP contribution in [0.25, 0.3) is 0 Å². The number of carbonyl (C=O) groups excluding carboxylic acids is 1. The van der Waals surface area contributed by atoms with Gasteiger partial charge in [0.2, 0.25) is 0 Å². The van der Waals surface area contributed by atoms with Crippen LogP contribution in [0, 0.1) is 0 Å². The van der Waals surface area contributed by atoms with Crippen LogP contribution >= 0.6 is 0 Å². The Bertz CT molecular complexity index is 588. The first-order valence-electron chi connectivity index (χ1n) is 8.41. The van der Waals surface area contributed by atoms with Gasteiger partial charge in [-0.3, -0.25) is 9.88 Å². The Morgan fingerprint density at radius 1 is 1.35 bits per heavy atom. The zero-order valence-corrected chi connectivity index (χ0v) is 14.5. The van der Waals surface area contributed by atoms with Crippen LogP contribution < -0.4 is 4.90 Å². The van der Waals surface area contributed by atoms with E-state index in [0.29, 0.717) is 24.4 Å². The number of hydrogen-bond donors (Lipinski definition) is 0. The van der Waals surface area contributed by atoms with Crippen LogP contribution in [0.2, 0.25) is 0 Å². The normalized spacial score (nSPS) is 25.0. The lowest BCUT2D eigenvalue weighted by molar-refractivity contribution is 0.166. The van der Waals surface area contributed by atoms with Crippen LogP contribution in [-0.2, 0) is 4.74 Å². The van der Waals surface area contributed by atoms with Crippen molar-refractivity contribution >= 4 is 11.9 Å². The Balaban J connectivity index is 1.84. The van der Waals surface area contributed by atoms with Crippen molar-refractivity contribution in [1.29, 1.82) is 0 Å². The summed E-state index contributed by atoms with van der Waals surface area (Å²) in [5.74, 6) is 0.969. The molecule has 1 amide bonds. The zero-order valence-electron chi connectivity index (χ0n) is 14.5. The largest absolute Gasteiger partial charge is 0.447 e. The van der Waals surface area contributed by atoms with E-state index in [-0.39, 0.29) is 11.6 Å². The van der Waals surface area contributed by atoms with E-state index in [0.717, 1.165) is 25.2 Å². The minimum Gasteiger partial charge on any atom is -0.447 e. The van der Waals surface area contributed by atoms with E-state index in [1.807, 2.05) is 20.0 Å². The number of anilines is 1. The maximum Gasteiger partial charge on any atom is 0.416 e. The summed E-state index contributed by atoms with van der Waals surface area (Å²) in [5.41, 5.74) is 0.587. The lowest BCUT2D eigenvalue weighted by Gasteiger charge is -2.35. The smallest absolute Gasteiger partial charge is 0.416 e. The molecular weight excluding hydrogens is 292 g/mol. The molecule has 1 aromatic heterocycles. The molecule has 2 saturated heterocycles. The Kier molecular flexibility index (Phi) is 4.27. The summed E-state index contributed by atoms with van der Waals surface area (Å²) in [6, 6.07) is 0.543. The second-order valence-corrected chi connectivity index (χ2v) is 7.43. The topological polar surface area (TPSA) is 58.6 Å². The summed E-state index contributed by atoms with van der Waals surface area (Å²) < 4.78 is 5.18. The first kappa shape index (κ1) is 16.2. The molecular formula is C17H26N4O2. The summed E-state index contributed by atoms with van der Waals surface area (Å²) in [7, 11) is 0. The van der Waals surface area contributed by atoms with Gasteiger partial charge in [-0.15, -0.1) is 0 Å². The minimum absolute atomic E-state index is 0.339. The van der Waals surface area contributed by atoms with Crippen molar-refractivity contribution in [2.24, 2.45) is 0 Å². The molecule has 23 heavy (non-hydrogen) atoms. The van der Waals surface area contributed by atoms with Crippen molar-refractivity contribution in [2.75, 3.05) is 24.6 Å². The predicted molar refractivity (Wildman–Crippen MR) is 88.6 cm³/mol. The summed E-state index contributed by atoms with van der Waals surface area (Å²) in [6.07, 6.45) is 5.45. The second kappa shape index (κ2) is 6.07. The predicted octanol–water partition coefficient (Wildman–Crippen LogP) is 2.80. The average Bonchev–Trinajstić information content (AvgIpc) is 2.81. The fourth-order valence-electron chi connectivity index (χ4n) is 3.41. The van der Waals surface area contributed by atoms with Gasteiger partial charge in [0.15, 0.2) is 5.82 Å². The second-order valence-electron chi connectivity index (χ2n) is 7.43. The first-order chi connectivity index (χ1) is 10.9.